The molecule has 0 spiro atoms. The largest absolute Gasteiger partial charge is 0.495 e. The number of esters is 2. The summed E-state index contributed by atoms with van der Waals surface area (Å²) in [5.74, 6) is -1.10. The Morgan fingerprint density at radius 1 is 1.12 bits per heavy atom. The highest BCUT2D eigenvalue weighted by Crippen LogP contribution is 2.26. The van der Waals surface area contributed by atoms with Gasteiger partial charge in [-0.25, -0.2) is 27.7 Å². The summed E-state index contributed by atoms with van der Waals surface area (Å²) in [7, 11) is 0.162. The predicted octanol–water partition coefficient (Wildman–Crippen LogP) is 3.00. The minimum absolute atomic E-state index is 0.0634. The van der Waals surface area contributed by atoms with E-state index in [4.69, 9.17) is 14.2 Å². The summed E-state index contributed by atoms with van der Waals surface area (Å²) >= 11 is 0. The molecule has 34 heavy (non-hydrogen) atoms. The van der Waals surface area contributed by atoms with Gasteiger partial charge in [0, 0.05) is 11.5 Å². The summed E-state index contributed by atoms with van der Waals surface area (Å²) in [6, 6.07) is 11.8. The first-order valence-electron chi connectivity index (χ1n) is 10.1. The van der Waals surface area contributed by atoms with Crippen LogP contribution in [0.4, 0.5) is 0 Å². The number of aromatic nitrogens is 1. The van der Waals surface area contributed by atoms with Crippen molar-refractivity contribution < 1.29 is 32.2 Å². The van der Waals surface area contributed by atoms with Crippen molar-refractivity contribution in [2.75, 3.05) is 21.3 Å². The van der Waals surface area contributed by atoms with E-state index < -0.39 is 22.0 Å². The first-order chi connectivity index (χ1) is 16.2. The second-order valence-electron chi connectivity index (χ2n) is 7.13. The number of nitrogens with zero attached hydrogens (tertiary/aromatic N) is 1. The maximum absolute atomic E-state index is 12.4. The lowest BCUT2D eigenvalue weighted by atomic mass is 10.0. The van der Waals surface area contributed by atoms with Gasteiger partial charge in [-0.05, 0) is 49.4 Å². The van der Waals surface area contributed by atoms with E-state index in [0.29, 0.717) is 16.6 Å². The van der Waals surface area contributed by atoms with Crippen LogP contribution in [0.1, 0.15) is 27.2 Å². The number of nitrogens with one attached hydrogen (secondary N) is 1. The molecule has 0 saturated heterocycles. The molecule has 0 atom stereocenters. The minimum Gasteiger partial charge on any atom is -0.495 e. The van der Waals surface area contributed by atoms with Gasteiger partial charge in [-0.15, -0.1) is 0 Å². The van der Waals surface area contributed by atoms with E-state index in [9.17, 15) is 18.0 Å². The number of methoxy groups -OCH3 is 2. The molecule has 0 amide bonds. The summed E-state index contributed by atoms with van der Waals surface area (Å²) < 4.78 is 41.9. The van der Waals surface area contributed by atoms with E-state index in [1.165, 1.54) is 39.5 Å². The fourth-order valence-corrected chi connectivity index (χ4v) is 4.31. The number of benzene rings is 2. The Kier molecular flexibility index (Phi) is 7.64. The molecule has 0 saturated carbocycles. The summed E-state index contributed by atoms with van der Waals surface area (Å²) in [4.78, 5) is 29.1. The van der Waals surface area contributed by atoms with Crippen LogP contribution in [0.3, 0.4) is 0 Å². The lowest BCUT2D eigenvalue weighted by molar-refractivity contribution is -0.139. The van der Waals surface area contributed by atoms with Gasteiger partial charge >= 0.3 is 11.9 Å². The van der Waals surface area contributed by atoms with Crippen LogP contribution in [0.5, 0.6) is 5.75 Å². The molecule has 178 valence electrons. The number of pyridine rings is 1. The lowest BCUT2D eigenvalue weighted by Crippen LogP contribution is -2.19. The Balaban J connectivity index is 1.83. The Bertz CT molecular complexity index is 1380. The number of ether oxygens (including phenoxy) is 3. The summed E-state index contributed by atoms with van der Waals surface area (Å²) in [6.45, 7) is 1.53. The smallest absolute Gasteiger partial charge is 0.340 e. The van der Waals surface area contributed by atoms with Crippen LogP contribution in [0.25, 0.3) is 17.0 Å². The molecule has 0 aliphatic rings. The van der Waals surface area contributed by atoms with Gasteiger partial charge < -0.3 is 14.2 Å². The zero-order valence-electron chi connectivity index (χ0n) is 19.1. The fraction of sp³-hybridized carbons (Fsp3) is 0.208. The number of sulfonamides is 1. The van der Waals surface area contributed by atoms with Crippen molar-refractivity contribution in [3.8, 4) is 5.75 Å². The number of aryl methyl sites for hydroxylation is 1. The van der Waals surface area contributed by atoms with Gasteiger partial charge in [-0.3, -0.25) is 0 Å². The lowest BCUT2D eigenvalue weighted by Gasteiger charge is -2.13. The molecule has 3 aromatic rings. The van der Waals surface area contributed by atoms with Crippen LogP contribution in [-0.2, 0) is 30.9 Å². The summed E-state index contributed by atoms with van der Waals surface area (Å²) in [5, 5.41) is 0.796. The Labute approximate surface area is 197 Å². The molecule has 2 aromatic carbocycles. The van der Waals surface area contributed by atoms with Crippen molar-refractivity contribution in [2.24, 2.45) is 0 Å². The maximum Gasteiger partial charge on any atom is 0.340 e. The van der Waals surface area contributed by atoms with E-state index in [2.05, 4.69) is 9.71 Å². The van der Waals surface area contributed by atoms with Gasteiger partial charge in [0.2, 0.25) is 10.0 Å². The van der Waals surface area contributed by atoms with Crippen LogP contribution in [-0.4, -0.2) is 46.6 Å². The van der Waals surface area contributed by atoms with E-state index in [-0.39, 0.29) is 28.5 Å². The molecule has 1 heterocycles. The first-order valence-corrected chi connectivity index (χ1v) is 11.6. The Hall–Kier alpha value is -3.76. The molecular weight excluding hydrogens is 460 g/mol. The van der Waals surface area contributed by atoms with Crippen LogP contribution in [0.2, 0.25) is 0 Å². The van der Waals surface area contributed by atoms with Gasteiger partial charge in [0.25, 0.3) is 0 Å². The van der Waals surface area contributed by atoms with Crippen LogP contribution in [0.15, 0.2) is 53.4 Å². The predicted molar refractivity (Wildman–Crippen MR) is 126 cm³/mol. The quantitative estimate of drug-likeness (QED) is 0.383. The molecule has 0 aliphatic heterocycles. The summed E-state index contributed by atoms with van der Waals surface area (Å²) in [5.41, 5.74) is 2.30. The second-order valence-corrected chi connectivity index (χ2v) is 8.98. The highest BCUT2D eigenvalue weighted by atomic mass is 32.2. The standard InChI is InChI=1S/C24H24N2O7S/c1-15-17-7-5-6-8-18(17)26-19(23(15)24(28)32-4)14-33-22(27)12-10-16-9-11-20(31-3)21(13-16)34(29,30)25-2/h5-13,25H,14H2,1-4H3. The number of fused-ring (bicyclic) bond motifs is 1. The van der Waals surface area contributed by atoms with Crippen LogP contribution < -0.4 is 9.46 Å². The SMILES string of the molecule is CNS(=O)(=O)c1cc(C=CC(=O)OCc2nc3ccccc3c(C)c2C(=O)OC)ccc1OC. The third-order valence-electron chi connectivity index (χ3n) is 5.13. The number of rotatable bonds is 8. The van der Waals surface area contributed by atoms with Gasteiger partial charge in [0.05, 0.1) is 31.0 Å². The number of hydrogen-bond donors (Lipinski definition) is 1. The average molecular weight is 485 g/mol. The minimum atomic E-state index is -3.76. The third-order valence-corrected chi connectivity index (χ3v) is 6.56. The van der Waals surface area contributed by atoms with Crippen molar-refractivity contribution in [1.82, 2.24) is 9.71 Å². The molecule has 3 rings (SSSR count). The third kappa shape index (κ3) is 5.24. The Morgan fingerprint density at radius 2 is 1.85 bits per heavy atom. The van der Waals surface area contributed by atoms with E-state index in [1.54, 1.807) is 19.1 Å². The second kappa shape index (κ2) is 10.4. The van der Waals surface area contributed by atoms with Gasteiger partial charge in [0.15, 0.2) is 0 Å². The molecule has 9 nitrogen and oxygen atoms in total. The van der Waals surface area contributed by atoms with Crippen molar-refractivity contribution in [1.29, 1.82) is 0 Å². The van der Waals surface area contributed by atoms with Crippen LogP contribution >= 0.6 is 0 Å². The average Bonchev–Trinajstić information content (AvgIpc) is 2.85. The van der Waals surface area contributed by atoms with Crippen molar-refractivity contribution >= 4 is 38.9 Å². The van der Waals surface area contributed by atoms with E-state index >= 15 is 0 Å². The number of carbonyl (C=O) groups excluding carboxylic acids is 2. The number of carbonyl (C=O) groups is 2. The molecule has 0 aliphatic carbocycles. The van der Waals surface area contributed by atoms with Crippen LogP contribution in [0, 0.1) is 6.92 Å². The zero-order valence-corrected chi connectivity index (χ0v) is 19.9. The molecule has 0 fully saturated rings. The zero-order chi connectivity index (χ0) is 24.9. The maximum atomic E-state index is 12.4. The van der Waals surface area contributed by atoms with E-state index in [0.717, 1.165) is 11.5 Å². The van der Waals surface area contributed by atoms with Gasteiger partial charge in [-0.2, -0.15) is 0 Å². The number of para-hydroxylation sites is 1. The molecule has 1 aromatic heterocycles. The highest BCUT2D eigenvalue weighted by molar-refractivity contribution is 7.89. The Morgan fingerprint density at radius 3 is 2.53 bits per heavy atom. The first kappa shape index (κ1) is 24.9. The van der Waals surface area contributed by atoms with Crippen molar-refractivity contribution in [2.45, 2.75) is 18.4 Å². The fourth-order valence-electron chi connectivity index (χ4n) is 3.39. The van der Waals surface area contributed by atoms with Gasteiger partial charge in [0.1, 0.15) is 17.3 Å². The number of hydrogen-bond acceptors (Lipinski definition) is 8. The summed E-state index contributed by atoms with van der Waals surface area (Å²) in [6.07, 6.45) is 2.57. The molecule has 0 bridgehead atoms. The van der Waals surface area contributed by atoms with Crippen molar-refractivity contribution in [3.63, 3.8) is 0 Å². The topological polar surface area (TPSA) is 121 Å². The monoisotopic (exact) mass is 484 g/mol. The van der Waals surface area contributed by atoms with Gasteiger partial charge in [-0.1, -0.05) is 24.3 Å². The normalized spacial score (nSPS) is 11.5. The van der Waals surface area contributed by atoms with Crippen molar-refractivity contribution in [3.05, 3.63) is 70.9 Å². The molecular formula is C24H24N2O7S. The molecule has 0 unspecified atom stereocenters. The molecule has 10 heteroatoms. The molecule has 0 radical (unpaired) electrons. The highest BCUT2D eigenvalue weighted by Gasteiger charge is 2.20. The molecule has 1 N–H and O–H groups in total. The van der Waals surface area contributed by atoms with E-state index in [1.807, 2.05) is 18.2 Å².